The zero-order valence-corrected chi connectivity index (χ0v) is 10.2. The molecule has 0 radical (unpaired) electrons. The van der Waals surface area contributed by atoms with Crippen molar-refractivity contribution in [3.05, 3.63) is 65.2 Å². The van der Waals surface area contributed by atoms with Gasteiger partial charge in [0.25, 0.3) is 5.91 Å². The molecule has 0 bridgehead atoms. The van der Waals surface area contributed by atoms with Crippen molar-refractivity contribution in [2.75, 3.05) is 5.32 Å². The Morgan fingerprint density at radius 3 is 2.56 bits per heavy atom. The summed E-state index contributed by atoms with van der Waals surface area (Å²) in [5.74, 6) is -0.145. The number of rotatable bonds is 3. The molecule has 0 aliphatic heterocycles. The van der Waals surface area contributed by atoms with E-state index in [1.807, 2.05) is 37.3 Å². The maximum atomic E-state index is 12.0. The molecule has 2 aromatic carbocycles. The van der Waals surface area contributed by atoms with Gasteiger partial charge in [0.15, 0.2) is 0 Å². The summed E-state index contributed by atoms with van der Waals surface area (Å²) < 4.78 is 0. The largest absolute Gasteiger partial charge is 0.392 e. The Balaban J connectivity index is 2.21. The topological polar surface area (TPSA) is 49.3 Å². The molecular weight excluding hydrogens is 226 g/mol. The van der Waals surface area contributed by atoms with Crippen molar-refractivity contribution in [3.63, 3.8) is 0 Å². The van der Waals surface area contributed by atoms with Crippen LogP contribution in [-0.4, -0.2) is 11.0 Å². The molecule has 2 aromatic rings. The van der Waals surface area contributed by atoms with Crippen LogP contribution in [-0.2, 0) is 6.61 Å². The standard InChI is InChI=1S/C15H15NO2/c1-11-7-8-12(10-17)9-14(11)16-15(18)13-5-3-2-4-6-13/h2-9,17H,10H2,1H3,(H,16,18). The summed E-state index contributed by atoms with van der Waals surface area (Å²) in [5.41, 5.74) is 3.10. The number of aliphatic hydroxyl groups is 1. The van der Waals surface area contributed by atoms with E-state index in [1.165, 1.54) is 0 Å². The Morgan fingerprint density at radius 1 is 1.17 bits per heavy atom. The number of carbonyl (C=O) groups is 1. The first-order valence-corrected chi connectivity index (χ1v) is 5.77. The third kappa shape index (κ3) is 2.76. The summed E-state index contributed by atoms with van der Waals surface area (Å²) in [6, 6.07) is 14.6. The zero-order chi connectivity index (χ0) is 13.0. The fourth-order valence-corrected chi connectivity index (χ4v) is 1.69. The molecule has 0 heterocycles. The van der Waals surface area contributed by atoms with E-state index in [0.29, 0.717) is 5.56 Å². The van der Waals surface area contributed by atoms with Gasteiger partial charge in [-0.3, -0.25) is 4.79 Å². The summed E-state index contributed by atoms with van der Waals surface area (Å²) in [6.45, 7) is 1.89. The van der Waals surface area contributed by atoms with Gasteiger partial charge in [-0.2, -0.15) is 0 Å². The van der Waals surface area contributed by atoms with E-state index in [2.05, 4.69) is 5.32 Å². The molecular formula is C15H15NO2. The van der Waals surface area contributed by atoms with Gasteiger partial charge in [-0.25, -0.2) is 0 Å². The fourth-order valence-electron chi connectivity index (χ4n) is 1.69. The Hall–Kier alpha value is -2.13. The number of anilines is 1. The molecule has 0 aliphatic carbocycles. The van der Waals surface area contributed by atoms with Crippen LogP contribution in [0.1, 0.15) is 21.5 Å². The first-order chi connectivity index (χ1) is 8.70. The number of amides is 1. The monoisotopic (exact) mass is 241 g/mol. The molecule has 0 saturated carbocycles. The SMILES string of the molecule is Cc1ccc(CO)cc1NC(=O)c1ccccc1. The summed E-state index contributed by atoms with van der Waals surface area (Å²) in [4.78, 5) is 12.0. The number of hydrogen-bond donors (Lipinski definition) is 2. The lowest BCUT2D eigenvalue weighted by atomic mass is 10.1. The molecule has 2 N–H and O–H groups in total. The lowest BCUT2D eigenvalue weighted by Crippen LogP contribution is -2.12. The minimum Gasteiger partial charge on any atom is -0.392 e. The lowest BCUT2D eigenvalue weighted by molar-refractivity contribution is 0.102. The second-order valence-corrected chi connectivity index (χ2v) is 4.13. The van der Waals surface area contributed by atoms with Crippen LogP contribution in [0, 0.1) is 6.92 Å². The Kier molecular flexibility index (Phi) is 3.75. The number of benzene rings is 2. The molecule has 0 aromatic heterocycles. The first kappa shape index (κ1) is 12.3. The van der Waals surface area contributed by atoms with Gasteiger partial charge in [0.2, 0.25) is 0 Å². The Labute approximate surface area is 106 Å². The van der Waals surface area contributed by atoms with Crippen LogP contribution in [0.2, 0.25) is 0 Å². The lowest BCUT2D eigenvalue weighted by Gasteiger charge is -2.09. The highest BCUT2D eigenvalue weighted by Crippen LogP contribution is 2.18. The molecule has 3 heteroatoms. The normalized spacial score (nSPS) is 10.1. The number of aryl methyl sites for hydroxylation is 1. The average molecular weight is 241 g/mol. The predicted molar refractivity (Wildman–Crippen MR) is 71.5 cm³/mol. The molecule has 0 saturated heterocycles. The van der Waals surface area contributed by atoms with Crippen LogP contribution < -0.4 is 5.32 Å². The van der Waals surface area contributed by atoms with E-state index < -0.39 is 0 Å². The summed E-state index contributed by atoms with van der Waals surface area (Å²) in [6.07, 6.45) is 0. The van der Waals surface area contributed by atoms with Crippen LogP contribution in [0.4, 0.5) is 5.69 Å². The molecule has 1 amide bonds. The van der Waals surface area contributed by atoms with Crippen molar-refractivity contribution in [2.24, 2.45) is 0 Å². The van der Waals surface area contributed by atoms with Gasteiger partial charge in [0.05, 0.1) is 6.61 Å². The Bertz CT molecular complexity index is 550. The van der Waals surface area contributed by atoms with Gasteiger partial charge >= 0.3 is 0 Å². The van der Waals surface area contributed by atoms with Crippen molar-refractivity contribution < 1.29 is 9.90 Å². The van der Waals surface area contributed by atoms with E-state index >= 15 is 0 Å². The van der Waals surface area contributed by atoms with Crippen molar-refractivity contribution in [2.45, 2.75) is 13.5 Å². The maximum absolute atomic E-state index is 12.0. The van der Waals surface area contributed by atoms with E-state index in [-0.39, 0.29) is 12.5 Å². The van der Waals surface area contributed by atoms with Gasteiger partial charge in [0.1, 0.15) is 0 Å². The van der Waals surface area contributed by atoms with Gasteiger partial charge in [-0.1, -0.05) is 30.3 Å². The summed E-state index contributed by atoms with van der Waals surface area (Å²) in [5, 5.41) is 11.9. The van der Waals surface area contributed by atoms with Crippen LogP contribution >= 0.6 is 0 Å². The Morgan fingerprint density at radius 2 is 1.89 bits per heavy atom. The molecule has 0 atom stereocenters. The molecule has 92 valence electrons. The second-order valence-electron chi connectivity index (χ2n) is 4.13. The maximum Gasteiger partial charge on any atom is 0.255 e. The van der Waals surface area contributed by atoms with E-state index in [9.17, 15) is 4.79 Å². The molecule has 2 rings (SSSR count). The number of aliphatic hydroxyl groups excluding tert-OH is 1. The third-order valence-electron chi connectivity index (χ3n) is 2.77. The molecule has 0 unspecified atom stereocenters. The van der Waals surface area contributed by atoms with Crippen LogP contribution in [0.3, 0.4) is 0 Å². The molecule has 0 aliphatic rings. The minimum absolute atomic E-state index is 0.0332. The number of hydrogen-bond acceptors (Lipinski definition) is 2. The number of nitrogens with one attached hydrogen (secondary N) is 1. The molecule has 18 heavy (non-hydrogen) atoms. The van der Waals surface area contributed by atoms with Gasteiger partial charge < -0.3 is 10.4 Å². The minimum atomic E-state index is -0.145. The van der Waals surface area contributed by atoms with Crippen molar-refractivity contribution in [3.8, 4) is 0 Å². The fraction of sp³-hybridized carbons (Fsp3) is 0.133. The van der Waals surface area contributed by atoms with Crippen molar-refractivity contribution in [1.82, 2.24) is 0 Å². The highest BCUT2D eigenvalue weighted by Gasteiger charge is 2.07. The highest BCUT2D eigenvalue weighted by atomic mass is 16.3. The van der Waals surface area contributed by atoms with Crippen molar-refractivity contribution in [1.29, 1.82) is 0 Å². The smallest absolute Gasteiger partial charge is 0.255 e. The summed E-state index contributed by atoms with van der Waals surface area (Å²) >= 11 is 0. The van der Waals surface area contributed by atoms with Crippen LogP contribution in [0.25, 0.3) is 0 Å². The zero-order valence-electron chi connectivity index (χ0n) is 10.2. The van der Waals surface area contributed by atoms with Gasteiger partial charge in [0, 0.05) is 11.3 Å². The van der Waals surface area contributed by atoms with E-state index in [0.717, 1.165) is 16.8 Å². The summed E-state index contributed by atoms with van der Waals surface area (Å²) in [7, 11) is 0. The highest BCUT2D eigenvalue weighted by molar-refractivity contribution is 6.04. The number of carbonyl (C=O) groups excluding carboxylic acids is 1. The molecule has 0 fully saturated rings. The predicted octanol–water partition coefficient (Wildman–Crippen LogP) is 2.74. The first-order valence-electron chi connectivity index (χ1n) is 5.77. The average Bonchev–Trinajstić information content (AvgIpc) is 2.42. The van der Waals surface area contributed by atoms with Gasteiger partial charge in [-0.15, -0.1) is 0 Å². The quantitative estimate of drug-likeness (QED) is 0.868. The van der Waals surface area contributed by atoms with Crippen LogP contribution in [0.15, 0.2) is 48.5 Å². The van der Waals surface area contributed by atoms with E-state index in [4.69, 9.17) is 5.11 Å². The second kappa shape index (κ2) is 5.47. The third-order valence-corrected chi connectivity index (χ3v) is 2.77. The van der Waals surface area contributed by atoms with Crippen LogP contribution in [0.5, 0.6) is 0 Å². The van der Waals surface area contributed by atoms with E-state index in [1.54, 1.807) is 18.2 Å². The molecule has 0 spiro atoms. The van der Waals surface area contributed by atoms with Gasteiger partial charge in [-0.05, 0) is 36.2 Å². The molecule has 3 nitrogen and oxygen atoms in total. The van der Waals surface area contributed by atoms with Crippen molar-refractivity contribution >= 4 is 11.6 Å².